The molecule has 0 saturated carbocycles. The van der Waals surface area contributed by atoms with Crippen molar-refractivity contribution >= 4 is 0 Å². The topological polar surface area (TPSA) is 37.6 Å². The third-order valence-electron chi connectivity index (χ3n) is 4.57. The van der Waals surface area contributed by atoms with Crippen molar-refractivity contribution in [3.05, 3.63) is 72.3 Å². The Bertz CT molecular complexity index is 669. The summed E-state index contributed by atoms with van der Waals surface area (Å²) in [7, 11) is 1.71. The number of ether oxygens (including phenoxy) is 1. The summed E-state index contributed by atoms with van der Waals surface area (Å²) in [5, 5.41) is 10.3. The second-order valence-electron chi connectivity index (χ2n) is 6.86. The van der Waals surface area contributed by atoms with Crippen LogP contribution in [-0.4, -0.2) is 47.5 Å². The molecule has 1 N–H and O–H groups in total. The van der Waals surface area contributed by atoms with Gasteiger partial charge in [-0.15, -0.1) is 6.58 Å². The Morgan fingerprint density at radius 1 is 1.30 bits per heavy atom. The molecule has 0 bridgehead atoms. The summed E-state index contributed by atoms with van der Waals surface area (Å²) in [4.78, 5) is 2.27. The maximum absolute atomic E-state index is 13.1. The normalized spacial score (nSPS) is 12.4. The Hall–Kier alpha value is -1.95. The van der Waals surface area contributed by atoms with Gasteiger partial charge in [-0.1, -0.05) is 18.2 Å². The Labute approximate surface area is 161 Å². The van der Waals surface area contributed by atoms with Crippen LogP contribution in [0.3, 0.4) is 0 Å². The van der Waals surface area contributed by atoms with E-state index >= 15 is 0 Å². The Kier molecular flexibility index (Phi) is 9.25. The zero-order chi connectivity index (χ0) is 19.5. The standard InChI is InChI=1S/C22H31FN2O2/c1-3-4-8-22(26)18-24(13-6-15-27-2)17-21-7-5-14-25(21)16-19-9-11-20(23)12-10-19/h3,5,7,9-12,14,22,26H,1,4,6,8,13,15-18H2,2H3. The van der Waals surface area contributed by atoms with E-state index in [1.54, 1.807) is 7.11 Å². The van der Waals surface area contributed by atoms with Gasteiger partial charge in [0.25, 0.3) is 0 Å². The highest BCUT2D eigenvalue weighted by atomic mass is 19.1. The molecular weight excluding hydrogens is 343 g/mol. The number of hydrogen-bond acceptors (Lipinski definition) is 3. The van der Waals surface area contributed by atoms with Crippen molar-refractivity contribution in [2.24, 2.45) is 0 Å². The number of halogens is 1. The van der Waals surface area contributed by atoms with E-state index in [9.17, 15) is 9.50 Å². The molecule has 0 saturated heterocycles. The Balaban J connectivity index is 2.01. The molecule has 1 atom stereocenters. The molecule has 1 unspecified atom stereocenters. The molecule has 0 radical (unpaired) electrons. The lowest BCUT2D eigenvalue weighted by Gasteiger charge is -2.25. The zero-order valence-corrected chi connectivity index (χ0v) is 16.2. The van der Waals surface area contributed by atoms with Crippen molar-refractivity contribution in [2.75, 3.05) is 26.8 Å². The minimum atomic E-state index is -0.369. The monoisotopic (exact) mass is 374 g/mol. The first-order valence-corrected chi connectivity index (χ1v) is 9.51. The predicted molar refractivity (Wildman–Crippen MR) is 107 cm³/mol. The predicted octanol–water partition coefficient (Wildman–Crippen LogP) is 3.84. The van der Waals surface area contributed by atoms with Gasteiger partial charge in [-0.3, -0.25) is 4.90 Å². The molecule has 0 aliphatic rings. The SMILES string of the molecule is C=CCCC(O)CN(CCCOC)Cc1cccn1Cc1ccc(F)cc1. The maximum Gasteiger partial charge on any atom is 0.123 e. The number of methoxy groups -OCH3 is 1. The highest BCUT2D eigenvalue weighted by Crippen LogP contribution is 2.13. The van der Waals surface area contributed by atoms with Gasteiger partial charge in [0, 0.05) is 51.8 Å². The largest absolute Gasteiger partial charge is 0.392 e. The van der Waals surface area contributed by atoms with Crippen LogP contribution < -0.4 is 0 Å². The fourth-order valence-corrected chi connectivity index (χ4v) is 3.13. The summed E-state index contributed by atoms with van der Waals surface area (Å²) >= 11 is 0. The minimum absolute atomic E-state index is 0.218. The van der Waals surface area contributed by atoms with Crippen LogP contribution in [0.25, 0.3) is 0 Å². The average Bonchev–Trinajstić information content (AvgIpc) is 3.08. The molecule has 0 aliphatic carbocycles. The number of rotatable bonds is 13. The number of aromatic nitrogens is 1. The van der Waals surface area contributed by atoms with Gasteiger partial charge in [0.05, 0.1) is 6.10 Å². The fraction of sp³-hybridized carbons (Fsp3) is 0.455. The zero-order valence-electron chi connectivity index (χ0n) is 16.2. The molecule has 1 aromatic carbocycles. The molecule has 0 amide bonds. The van der Waals surface area contributed by atoms with E-state index in [1.165, 1.54) is 17.8 Å². The lowest BCUT2D eigenvalue weighted by Crippen LogP contribution is -2.34. The molecule has 0 aliphatic heterocycles. The second-order valence-corrected chi connectivity index (χ2v) is 6.86. The number of aliphatic hydroxyl groups excluding tert-OH is 1. The molecule has 5 heteroatoms. The molecule has 2 aromatic rings. The molecule has 148 valence electrons. The molecule has 0 fully saturated rings. The Morgan fingerprint density at radius 3 is 2.78 bits per heavy atom. The van der Waals surface area contributed by atoms with Crippen LogP contribution in [0.4, 0.5) is 4.39 Å². The first kappa shape index (κ1) is 21.4. The summed E-state index contributed by atoms with van der Waals surface area (Å²) in [5.41, 5.74) is 2.23. The van der Waals surface area contributed by atoms with E-state index in [0.717, 1.165) is 37.9 Å². The van der Waals surface area contributed by atoms with E-state index in [2.05, 4.69) is 22.1 Å². The minimum Gasteiger partial charge on any atom is -0.392 e. The smallest absolute Gasteiger partial charge is 0.123 e. The van der Waals surface area contributed by atoms with E-state index < -0.39 is 0 Å². The van der Waals surface area contributed by atoms with Gasteiger partial charge < -0.3 is 14.4 Å². The summed E-state index contributed by atoms with van der Waals surface area (Å²) in [6.07, 6.45) is 5.97. The quantitative estimate of drug-likeness (QED) is 0.428. The third kappa shape index (κ3) is 7.67. The van der Waals surface area contributed by atoms with Gasteiger partial charge in [0.15, 0.2) is 0 Å². The van der Waals surface area contributed by atoms with Gasteiger partial charge in [-0.2, -0.15) is 0 Å². The van der Waals surface area contributed by atoms with Gasteiger partial charge >= 0.3 is 0 Å². The molecule has 2 rings (SSSR count). The van der Waals surface area contributed by atoms with E-state index in [0.29, 0.717) is 19.7 Å². The lowest BCUT2D eigenvalue weighted by molar-refractivity contribution is 0.0930. The highest BCUT2D eigenvalue weighted by molar-refractivity contribution is 5.18. The van der Waals surface area contributed by atoms with Crippen molar-refractivity contribution in [1.82, 2.24) is 9.47 Å². The van der Waals surface area contributed by atoms with Gasteiger partial charge in [0.1, 0.15) is 5.82 Å². The van der Waals surface area contributed by atoms with Gasteiger partial charge in [-0.05, 0) is 49.1 Å². The molecule has 1 aromatic heterocycles. The summed E-state index contributed by atoms with van der Waals surface area (Å²) in [6.45, 7) is 7.37. The van der Waals surface area contributed by atoms with Crippen LogP contribution in [-0.2, 0) is 17.8 Å². The van der Waals surface area contributed by atoms with E-state index in [-0.39, 0.29) is 11.9 Å². The van der Waals surface area contributed by atoms with Crippen molar-refractivity contribution in [2.45, 2.75) is 38.5 Å². The summed E-state index contributed by atoms with van der Waals surface area (Å²) in [6, 6.07) is 10.7. The van der Waals surface area contributed by atoms with Crippen LogP contribution in [0.5, 0.6) is 0 Å². The van der Waals surface area contributed by atoms with Crippen molar-refractivity contribution in [3.63, 3.8) is 0 Å². The van der Waals surface area contributed by atoms with Crippen molar-refractivity contribution in [3.8, 4) is 0 Å². The van der Waals surface area contributed by atoms with Gasteiger partial charge in [0.2, 0.25) is 0 Å². The number of nitrogens with zero attached hydrogens (tertiary/aromatic N) is 2. The first-order valence-electron chi connectivity index (χ1n) is 9.51. The second kappa shape index (κ2) is 11.7. The maximum atomic E-state index is 13.1. The molecule has 0 spiro atoms. The number of benzene rings is 1. The van der Waals surface area contributed by atoms with Crippen molar-refractivity contribution < 1.29 is 14.2 Å². The number of allylic oxidation sites excluding steroid dienone is 1. The number of aliphatic hydroxyl groups is 1. The lowest BCUT2D eigenvalue weighted by atomic mass is 10.1. The van der Waals surface area contributed by atoms with Crippen LogP contribution in [0.15, 0.2) is 55.3 Å². The molecule has 1 heterocycles. The molecule has 4 nitrogen and oxygen atoms in total. The highest BCUT2D eigenvalue weighted by Gasteiger charge is 2.14. The summed E-state index contributed by atoms with van der Waals surface area (Å²) in [5.74, 6) is -0.218. The van der Waals surface area contributed by atoms with Crippen LogP contribution in [0, 0.1) is 5.82 Å². The average molecular weight is 375 g/mol. The first-order chi connectivity index (χ1) is 13.1. The fourth-order valence-electron chi connectivity index (χ4n) is 3.13. The third-order valence-corrected chi connectivity index (χ3v) is 4.57. The Morgan fingerprint density at radius 2 is 2.07 bits per heavy atom. The van der Waals surface area contributed by atoms with Crippen LogP contribution in [0.2, 0.25) is 0 Å². The van der Waals surface area contributed by atoms with E-state index in [4.69, 9.17) is 4.74 Å². The van der Waals surface area contributed by atoms with Crippen LogP contribution in [0.1, 0.15) is 30.5 Å². The number of hydrogen-bond donors (Lipinski definition) is 1. The van der Waals surface area contributed by atoms with Crippen molar-refractivity contribution in [1.29, 1.82) is 0 Å². The molecular formula is C22H31FN2O2. The summed E-state index contributed by atoms with van der Waals surface area (Å²) < 4.78 is 20.5. The van der Waals surface area contributed by atoms with Crippen LogP contribution >= 0.6 is 0 Å². The van der Waals surface area contributed by atoms with E-state index in [1.807, 2.05) is 30.5 Å². The molecule has 27 heavy (non-hydrogen) atoms. The van der Waals surface area contributed by atoms with Gasteiger partial charge in [-0.25, -0.2) is 4.39 Å².